The van der Waals surface area contributed by atoms with E-state index in [9.17, 15) is 36.0 Å². The lowest BCUT2D eigenvalue weighted by atomic mass is 10.1. The third-order valence-electron chi connectivity index (χ3n) is 7.16. The lowest BCUT2D eigenvalue weighted by Gasteiger charge is -2.31. The van der Waals surface area contributed by atoms with E-state index in [2.05, 4.69) is 28.5 Å². The number of hydrogen-bond donors (Lipinski definition) is 3. The molecule has 4 atom stereocenters. The molecule has 3 fully saturated rings. The Hall–Kier alpha value is -2.98. The maximum Gasteiger partial charge on any atom is 0.408 e. The summed E-state index contributed by atoms with van der Waals surface area (Å²) in [6.07, 6.45) is 2.19. The number of nitrogens with one attached hydrogen (secondary N) is 3. The molecule has 2 saturated carbocycles. The van der Waals surface area contributed by atoms with Gasteiger partial charge >= 0.3 is 6.09 Å². The van der Waals surface area contributed by atoms with Gasteiger partial charge in [0.05, 0.1) is 5.25 Å². The third kappa shape index (κ3) is 7.65. The Balaban J connectivity index is 1.79. The highest BCUT2D eigenvalue weighted by molar-refractivity contribution is 7.92. The number of carbonyl (C=O) groups excluding carboxylic acids is 4. The Morgan fingerprint density at radius 1 is 1.12 bits per heavy atom. The summed E-state index contributed by atoms with van der Waals surface area (Å²) in [5.74, 6) is -2.78. The molecule has 14 nitrogen and oxygen atoms in total. The fourth-order valence-corrected chi connectivity index (χ4v) is 6.62. The van der Waals surface area contributed by atoms with Crippen molar-refractivity contribution in [1.29, 1.82) is 0 Å². The molecule has 0 aromatic heterocycles. The zero-order valence-corrected chi connectivity index (χ0v) is 25.3. The number of nitrogens with zero attached hydrogens (tertiary/aromatic N) is 2. The third-order valence-corrected chi connectivity index (χ3v) is 10.4. The molecule has 3 rings (SSSR count). The standard InChI is InChI=1S/C25H39N5O9S2/c1-7-16-14-25(16,22(33)28-41(37,38)17-11-12-17)27-20(31)19-10-9-13-30(19)21(32)18(15-29(6)40(35,36)8-2)26-23(34)39-24(3,4)5/h7-8,16-19H,1-2,9-15H2,3-6H3,(H,26,34)(H,27,31)(H,28,33)/t16-,18+,19+,25-/m1/s1. The zero-order valence-electron chi connectivity index (χ0n) is 23.7. The van der Waals surface area contributed by atoms with Crippen LogP contribution in [-0.2, 0) is 39.2 Å². The summed E-state index contributed by atoms with van der Waals surface area (Å²) >= 11 is 0. The van der Waals surface area contributed by atoms with Crippen molar-refractivity contribution in [3.8, 4) is 0 Å². The van der Waals surface area contributed by atoms with Crippen molar-refractivity contribution in [1.82, 2.24) is 24.6 Å². The van der Waals surface area contributed by atoms with E-state index in [1.165, 1.54) is 18.0 Å². The zero-order chi connectivity index (χ0) is 31.0. The monoisotopic (exact) mass is 617 g/mol. The van der Waals surface area contributed by atoms with Gasteiger partial charge in [-0.2, -0.15) is 4.31 Å². The average molecular weight is 618 g/mol. The van der Waals surface area contributed by atoms with Crippen LogP contribution >= 0.6 is 0 Å². The number of ether oxygens (including phenoxy) is 1. The molecule has 3 N–H and O–H groups in total. The van der Waals surface area contributed by atoms with Gasteiger partial charge in [-0.15, -0.1) is 6.58 Å². The number of amides is 4. The van der Waals surface area contributed by atoms with Crippen LogP contribution in [0.2, 0.25) is 0 Å². The van der Waals surface area contributed by atoms with E-state index >= 15 is 0 Å². The summed E-state index contributed by atoms with van der Waals surface area (Å²) in [5, 5.41) is 5.12. The van der Waals surface area contributed by atoms with Crippen LogP contribution in [-0.4, -0.2) is 98.5 Å². The van der Waals surface area contributed by atoms with E-state index in [-0.39, 0.29) is 19.4 Å². The van der Waals surface area contributed by atoms with Gasteiger partial charge < -0.3 is 20.3 Å². The molecule has 2 aliphatic carbocycles. The predicted molar refractivity (Wildman–Crippen MR) is 149 cm³/mol. The molecule has 0 aromatic carbocycles. The number of likely N-dealkylation sites (tertiary alicyclic amines) is 1. The molecular formula is C25H39N5O9S2. The number of rotatable bonds is 12. The molecule has 230 valence electrons. The summed E-state index contributed by atoms with van der Waals surface area (Å²) in [5.41, 5.74) is -2.43. The minimum Gasteiger partial charge on any atom is -0.444 e. The molecule has 0 spiro atoms. The summed E-state index contributed by atoms with van der Waals surface area (Å²) in [6, 6.07) is -2.47. The first-order chi connectivity index (χ1) is 18.9. The van der Waals surface area contributed by atoms with Gasteiger partial charge in [0.2, 0.25) is 31.9 Å². The van der Waals surface area contributed by atoms with Crippen LogP contribution in [0.25, 0.3) is 0 Å². The maximum absolute atomic E-state index is 13.7. The highest BCUT2D eigenvalue weighted by Gasteiger charge is 2.61. The first kappa shape index (κ1) is 32.5. The van der Waals surface area contributed by atoms with E-state index < -0.39 is 84.8 Å². The fraction of sp³-hybridized carbons (Fsp3) is 0.680. The van der Waals surface area contributed by atoms with Gasteiger partial charge in [-0.3, -0.25) is 19.1 Å². The number of hydrogen-bond acceptors (Lipinski definition) is 9. The van der Waals surface area contributed by atoms with Gasteiger partial charge in [0.15, 0.2) is 0 Å². The van der Waals surface area contributed by atoms with Gasteiger partial charge in [-0.25, -0.2) is 21.6 Å². The van der Waals surface area contributed by atoms with Gasteiger partial charge in [0.25, 0.3) is 5.91 Å². The van der Waals surface area contributed by atoms with Gasteiger partial charge in [-0.1, -0.05) is 12.7 Å². The van der Waals surface area contributed by atoms with E-state index in [0.29, 0.717) is 24.7 Å². The molecule has 0 bridgehead atoms. The molecule has 3 aliphatic rings. The Labute approximate surface area is 241 Å². The number of carbonyl (C=O) groups is 4. The van der Waals surface area contributed by atoms with Crippen molar-refractivity contribution >= 4 is 43.9 Å². The Morgan fingerprint density at radius 3 is 2.27 bits per heavy atom. The van der Waals surface area contributed by atoms with Crippen LogP contribution < -0.4 is 15.4 Å². The summed E-state index contributed by atoms with van der Waals surface area (Å²) in [6.45, 7) is 11.4. The quantitative estimate of drug-likeness (QED) is 0.252. The summed E-state index contributed by atoms with van der Waals surface area (Å²) < 4.78 is 57.5. The first-order valence-corrected chi connectivity index (χ1v) is 16.3. The van der Waals surface area contributed by atoms with E-state index in [1.807, 2.05) is 0 Å². The van der Waals surface area contributed by atoms with Crippen LogP contribution in [0, 0.1) is 5.92 Å². The normalized spacial score (nSPS) is 25.1. The smallest absolute Gasteiger partial charge is 0.408 e. The Kier molecular flexibility index (Phi) is 9.30. The maximum atomic E-state index is 13.7. The first-order valence-electron chi connectivity index (χ1n) is 13.3. The molecule has 4 amide bonds. The lowest BCUT2D eigenvalue weighted by molar-refractivity contribution is -0.141. The molecule has 1 aliphatic heterocycles. The highest BCUT2D eigenvalue weighted by Crippen LogP contribution is 2.45. The van der Waals surface area contributed by atoms with Crippen LogP contribution in [0.5, 0.6) is 0 Å². The second-order valence-corrected chi connectivity index (χ2v) is 15.5. The Bertz CT molecular complexity index is 1320. The van der Waals surface area contributed by atoms with E-state index in [4.69, 9.17) is 4.74 Å². The number of alkyl carbamates (subject to hydrolysis) is 1. The van der Waals surface area contributed by atoms with Crippen molar-refractivity contribution in [3.05, 3.63) is 24.6 Å². The molecule has 1 heterocycles. The minimum absolute atomic E-state index is 0.126. The second kappa shape index (κ2) is 11.7. The molecule has 1 saturated heterocycles. The second-order valence-electron chi connectivity index (χ2n) is 11.6. The van der Waals surface area contributed by atoms with Gasteiger partial charge in [0.1, 0.15) is 23.2 Å². The minimum atomic E-state index is -3.95. The fourth-order valence-electron chi connectivity index (χ4n) is 4.65. The van der Waals surface area contributed by atoms with Gasteiger partial charge in [-0.05, 0) is 52.9 Å². The van der Waals surface area contributed by atoms with Crippen molar-refractivity contribution in [2.75, 3.05) is 20.1 Å². The largest absolute Gasteiger partial charge is 0.444 e. The molecule has 41 heavy (non-hydrogen) atoms. The van der Waals surface area contributed by atoms with Crippen molar-refractivity contribution in [3.63, 3.8) is 0 Å². The molecule has 0 aromatic rings. The van der Waals surface area contributed by atoms with Crippen molar-refractivity contribution < 1.29 is 40.8 Å². The topological polar surface area (TPSA) is 188 Å². The molecule has 0 unspecified atom stereocenters. The van der Waals surface area contributed by atoms with E-state index in [1.54, 1.807) is 20.8 Å². The van der Waals surface area contributed by atoms with Crippen LogP contribution in [0.3, 0.4) is 0 Å². The molecule has 0 radical (unpaired) electrons. The SMILES string of the molecule is C=C[C@@H]1C[C@]1(NC(=O)[C@@H]1CCCN1C(=O)[C@H](CN(C)S(=O)(=O)C=C)NC(=O)OC(C)(C)C)C(=O)NS(=O)(=O)C1CC1. The van der Waals surface area contributed by atoms with Crippen LogP contribution in [0.4, 0.5) is 4.79 Å². The van der Waals surface area contributed by atoms with Gasteiger partial charge in [0, 0.05) is 31.5 Å². The average Bonchev–Trinajstić information content (AvgIpc) is 3.78. The summed E-state index contributed by atoms with van der Waals surface area (Å²) in [7, 11) is -6.60. The molecular weight excluding hydrogens is 578 g/mol. The highest BCUT2D eigenvalue weighted by atomic mass is 32.2. The van der Waals surface area contributed by atoms with Crippen molar-refractivity contribution in [2.24, 2.45) is 5.92 Å². The summed E-state index contributed by atoms with van der Waals surface area (Å²) in [4.78, 5) is 53.9. The van der Waals surface area contributed by atoms with Crippen LogP contribution in [0.15, 0.2) is 24.6 Å². The predicted octanol–water partition coefficient (Wildman–Crippen LogP) is -0.0549. The van der Waals surface area contributed by atoms with Crippen LogP contribution in [0.1, 0.15) is 52.9 Å². The number of likely N-dealkylation sites (N-methyl/N-ethyl adjacent to an activating group) is 1. The lowest BCUT2D eigenvalue weighted by Crippen LogP contribution is -2.59. The molecule has 16 heteroatoms. The number of sulfonamides is 2. The van der Waals surface area contributed by atoms with E-state index in [0.717, 1.165) is 4.31 Å². The Morgan fingerprint density at radius 2 is 1.76 bits per heavy atom. The van der Waals surface area contributed by atoms with Crippen molar-refractivity contribution in [2.45, 2.75) is 81.3 Å².